The molecule has 0 radical (unpaired) electrons. The highest BCUT2D eigenvalue weighted by molar-refractivity contribution is 7.51. The molecular weight excluding hydrogens is 154 g/mol. The lowest BCUT2D eigenvalue weighted by Crippen LogP contribution is -1.94. The van der Waals surface area contributed by atoms with Gasteiger partial charge in [-0.15, -0.1) is 0 Å². The summed E-state index contributed by atoms with van der Waals surface area (Å²) >= 11 is 0. The first kappa shape index (κ1) is 11.3. The van der Waals surface area contributed by atoms with E-state index >= 15 is 0 Å². The Hall–Kier alpha value is 0.460. The van der Waals surface area contributed by atoms with Gasteiger partial charge in [-0.05, 0) is 0 Å². The molecule has 6 nitrogen and oxygen atoms in total. The Balaban J connectivity index is 0. The molecule has 0 aliphatic carbocycles. The zero-order chi connectivity index (χ0) is 5.91. The van der Waals surface area contributed by atoms with Gasteiger partial charge in [0.2, 0.25) is 0 Å². The maximum Gasteiger partial charge on any atom is 0.491 e. The fourth-order valence-corrected chi connectivity index (χ4v) is 0.224. The van der Waals surface area contributed by atoms with Gasteiger partial charge in [-0.3, -0.25) is 4.31 Å². The average molecular weight is 162 g/mol. The fraction of sp³-hybridized carbons (Fsp3) is 0. The van der Waals surface area contributed by atoms with Gasteiger partial charge in [0.15, 0.2) is 0 Å². The Morgan fingerprint density at radius 1 is 1.75 bits per heavy atom. The maximum atomic E-state index is 9.92. The third-order valence-electron chi connectivity index (χ3n) is 0.266. The fourth-order valence-electron chi connectivity index (χ4n) is 0.0248. The van der Waals surface area contributed by atoms with Crippen LogP contribution in [0, 0.1) is 0 Å². The van der Waals surface area contributed by atoms with Crippen LogP contribution in [0.3, 0.4) is 0 Å². The molecule has 6 N–H and O–H groups in total. The van der Waals surface area contributed by atoms with Crippen LogP contribution >= 0.6 is 17.3 Å². The van der Waals surface area contributed by atoms with Crippen molar-refractivity contribution in [3.8, 4) is 0 Å². The van der Waals surface area contributed by atoms with E-state index < -0.39 is 7.82 Å². The van der Waals surface area contributed by atoms with Gasteiger partial charge in [0.1, 0.15) is 0 Å². The molecule has 0 bridgehead atoms. The number of hydrogen-bond donors (Lipinski definition) is 3. The van der Waals surface area contributed by atoms with Gasteiger partial charge in [-0.2, -0.15) is 0 Å². The summed E-state index contributed by atoms with van der Waals surface area (Å²) in [7, 11) is -2.36. The van der Waals surface area contributed by atoms with E-state index in [4.69, 9.17) is 4.89 Å². The Morgan fingerprint density at radius 2 is 2.12 bits per heavy atom. The van der Waals surface area contributed by atoms with Crippen molar-refractivity contribution >= 4 is 17.3 Å². The van der Waals surface area contributed by atoms with Gasteiger partial charge in [-0.25, -0.2) is 15.1 Å². The molecule has 0 amide bonds. The molecule has 0 aliphatic heterocycles. The van der Waals surface area contributed by atoms with Gasteiger partial charge < -0.3 is 11.0 Å². The summed E-state index contributed by atoms with van der Waals surface area (Å²) < 4.78 is 17.1. The smallest absolute Gasteiger partial charge is 0.344 e. The van der Waals surface area contributed by atoms with Crippen LogP contribution in [0.5, 0.6) is 0 Å². The number of nitrogens with two attached hydrogens (primary N) is 1. The highest BCUT2D eigenvalue weighted by atomic mass is 31.2. The molecule has 0 saturated heterocycles. The molecule has 0 aliphatic rings. The van der Waals surface area contributed by atoms with Crippen LogP contribution < -0.4 is 12.0 Å². The number of rotatable bonds is 2. The summed E-state index contributed by atoms with van der Waals surface area (Å²) in [6.45, 7) is 0. The van der Waals surface area contributed by atoms with Crippen molar-refractivity contribution in [3.63, 3.8) is 0 Å². The first-order valence-electron chi connectivity index (χ1n) is 1.22. The van der Waals surface area contributed by atoms with Crippen LogP contribution in [-0.2, 0) is 13.5 Å². The summed E-state index contributed by atoms with van der Waals surface area (Å²) in [5, 5.41) is 0. The van der Waals surface area contributed by atoms with Crippen LogP contribution in [-0.4, -0.2) is 4.89 Å². The molecule has 2 unspecified atom stereocenters. The zero-order valence-electron chi connectivity index (χ0n) is 3.98. The Morgan fingerprint density at radius 3 is 2.12 bits per heavy atom. The van der Waals surface area contributed by atoms with Crippen molar-refractivity contribution in [2.75, 3.05) is 0 Å². The highest BCUT2D eigenvalue weighted by Gasteiger charge is 2.15. The van der Waals surface area contributed by atoms with Gasteiger partial charge in [0.25, 0.3) is 0 Å². The molecule has 8 heavy (non-hydrogen) atoms. The molecule has 2 atom stereocenters. The average Bonchev–Trinajstić information content (AvgIpc) is 1.68. The van der Waals surface area contributed by atoms with Crippen LogP contribution in [0.25, 0.3) is 0 Å². The number of phosphoric acid groups is 1. The Kier molecular flexibility index (Phi) is 6.13. The van der Waals surface area contributed by atoms with Crippen LogP contribution in [0.1, 0.15) is 0 Å². The predicted molar refractivity (Wildman–Crippen MR) is 30.9 cm³/mol. The van der Waals surface area contributed by atoms with E-state index in [0.29, 0.717) is 0 Å². The molecule has 0 aromatic carbocycles. The first-order valence-corrected chi connectivity index (χ1v) is 3.19. The lowest BCUT2D eigenvalue weighted by Gasteiger charge is -2.00. The lowest BCUT2D eigenvalue weighted by atomic mass is 13.6. The summed E-state index contributed by atoms with van der Waals surface area (Å²) in [5.74, 6) is 4.27. The Labute approximate surface area is 48.8 Å². The SMILES string of the molecule is N.NOP(=O)(O)OP. The topological polar surface area (TPSA) is 117 Å². The third kappa shape index (κ3) is 4.61. The van der Waals surface area contributed by atoms with Crippen LogP contribution in [0.15, 0.2) is 0 Å². The molecule has 8 heteroatoms. The third-order valence-corrected chi connectivity index (χ3v) is 1.60. The van der Waals surface area contributed by atoms with Gasteiger partial charge >= 0.3 is 7.82 Å². The van der Waals surface area contributed by atoms with E-state index in [1.54, 1.807) is 9.47 Å². The predicted octanol–water partition coefficient (Wildman–Crippen LogP) is -0.0542. The van der Waals surface area contributed by atoms with Crippen LogP contribution in [0.4, 0.5) is 0 Å². The summed E-state index contributed by atoms with van der Waals surface area (Å²) in [6, 6.07) is 0. The molecule has 0 heterocycles. The summed E-state index contributed by atoms with van der Waals surface area (Å²) in [6.07, 6.45) is 0. The molecule has 52 valence electrons. The molecule has 0 aromatic rings. The van der Waals surface area contributed by atoms with E-state index in [1.807, 2.05) is 0 Å². The zero-order valence-corrected chi connectivity index (χ0v) is 6.03. The minimum absolute atomic E-state index is 0. The van der Waals surface area contributed by atoms with Gasteiger partial charge in [0, 0.05) is 9.47 Å². The molecule has 0 fully saturated rings. The largest absolute Gasteiger partial charge is 0.491 e. The summed E-state index contributed by atoms with van der Waals surface area (Å²) in [5.41, 5.74) is 0. The van der Waals surface area contributed by atoms with Crippen molar-refractivity contribution in [2.24, 2.45) is 5.90 Å². The van der Waals surface area contributed by atoms with E-state index in [9.17, 15) is 4.57 Å². The minimum Gasteiger partial charge on any atom is -0.344 e. The maximum absolute atomic E-state index is 9.92. The van der Waals surface area contributed by atoms with E-state index in [1.165, 1.54) is 0 Å². The van der Waals surface area contributed by atoms with Crippen LogP contribution in [0.2, 0.25) is 0 Å². The van der Waals surface area contributed by atoms with Gasteiger partial charge in [-0.1, -0.05) is 0 Å². The lowest BCUT2D eigenvalue weighted by molar-refractivity contribution is 0.216. The normalized spacial score (nSPS) is 16.4. The van der Waals surface area contributed by atoms with E-state index in [2.05, 4.69) is 14.8 Å². The van der Waals surface area contributed by atoms with E-state index in [0.717, 1.165) is 0 Å². The molecule has 0 rings (SSSR count). The van der Waals surface area contributed by atoms with Crippen molar-refractivity contribution in [2.45, 2.75) is 0 Å². The first-order chi connectivity index (χ1) is 3.12. The van der Waals surface area contributed by atoms with Crippen molar-refractivity contribution in [3.05, 3.63) is 0 Å². The minimum atomic E-state index is -3.91. The monoisotopic (exact) mass is 162 g/mol. The molecule has 0 aromatic heterocycles. The standard InChI is InChI=1S/H5NO4P2.H3N/c1-4-7(2,3)5-6;/h1,6H2,(H,2,3);1H3. The van der Waals surface area contributed by atoms with Crippen molar-refractivity contribution < 1.29 is 18.4 Å². The second-order valence-electron chi connectivity index (χ2n) is 0.679. The second kappa shape index (κ2) is 4.35. The van der Waals surface area contributed by atoms with Crippen molar-refractivity contribution in [1.82, 2.24) is 6.15 Å². The van der Waals surface area contributed by atoms with Crippen molar-refractivity contribution in [1.29, 1.82) is 0 Å². The highest BCUT2D eigenvalue weighted by Crippen LogP contribution is 2.42. The molecular formula is H8N2O4P2. The Bertz CT molecular complexity index is 84.0. The molecule has 0 spiro atoms. The van der Waals surface area contributed by atoms with E-state index in [-0.39, 0.29) is 6.15 Å². The number of hydrogen-bond acceptors (Lipinski definition) is 5. The second-order valence-corrected chi connectivity index (χ2v) is 2.67. The van der Waals surface area contributed by atoms with Gasteiger partial charge in [0.05, 0.1) is 0 Å². The quantitative estimate of drug-likeness (QED) is 0.387. The molecule has 0 saturated carbocycles. The summed E-state index contributed by atoms with van der Waals surface area (Å²) in [4.78, 5) is 8.10.